The molecule has 0 unspecified atom stereocenters. The monoisotopic (exact) mass is 733 g/mol. The Morgan fingerprint density at radius 2 is 1.94 bits per heavy atom. The zero-order chi connectivity index (χ0) is 38.0. The second-order valence-electron chi connectivity index (χ2n) is 16.8. The number of benzene rings is 2. The van der Waals surface area contributed by atoms with Crippen molar-refractivity contribution in [3.05, 3.63) is 76.4 Å². The fourth-order valence-electron chi connectivity index (χ4n) is 11.1. The van der Waals surface area contributed by atoms with E-state index in [2.05, 4.69) is 37.8 Å². The van der Waals surface area contributed by atoms with Gasteiger partial charge < -0.3 is 31.2 Å². The number of nitrogens with zero attached hydrogens (tertiary/aromatic N) is 1. The molecule has 0 aliphatic heterocycles. The third kappa shape index (κ3) is 7.54. The zero-order valence-corrected chi connectivity index (χ0v) is 32.4. The van der Waals surface area contributed by atoms with Crippen molar-refractivity contribution in [3.8, 4) is 29.1 Å². The predicted octanol–water partition coefficient (Wildman–Crippen LogP) is 8.33. The molecule has 1 spiro atoms. The number of fused-ring (bicyclic) bond motifs is 1. The number of allylic oxidation sites excluding steroid dienone is 4. The van der Waals surface area contributed by atoms with Crippen LogP contribution in [-0.4, -0.2) is 47.3 Å². The van der Waals surface area contributed by atoms with Crippen LogP contribution in [0, 0.1) is 35.0 Å². The van der Waals surface area contributed by atoms with E-state index in [0.29, 0.717) is 37.4 Å². The fourth-order valence-corrected chi connectivity index (χ4v) is 11.1. The maximum atomic E-state index is 13.2. The number of aliphatic imine (C=N–C) groups is 1. The number of ether oxygens (including phenoxy) is 2. The van der Waals surface area contributed by atoms with Crippen molar-refractivity contribution in [1.29, 1.82) is 0 Å². The van der Waals surface area contributed by atoms with Gasteiger partial charge in [0.05, 0.1) is 18.2 Å². The van der Waals surface area contributed by atoms with E-state index in [1.54, 1.807) is 12.1 Å². The maximum absolute atomic E-state index is 13.2. The van der Waals surface area contributed by atoms with Gasteiger partial charge in [0.25, 0.3) is 0 Å². The molecule has 2 aromatic rings. The highest BCUT2D eigenvalue weighted by Gasteiger charge is 2.61. The van der Waals surface area contributed by atoms with Crippen molar-refractivity contribution in [2.75, 3.05) is 7.11 Å². The minimum absolute atomic E-state index is 0.0112. The number of phenols is 2. The van der Waals surface area contributed by atoms with E-state index >= 15 is 0 Å². The lowest BCUT2D eigenvalue weighted by atomic mass is 9.43. The number of rotatable bonds is 11. The molecule has 7 rings (SSSR count). The van der Waals surface area contributed by atoms with Gasteiger partial charge in [-0.2, -0.15) is 0 Å². The lowest BCUT2D eigenvalue weighted by Gasteiger charge is -2.62. The Hall–Kier alpha value is -4.22. The average molecular weight is 734 g/mol. The quantitative estimate of drug-likeness (QED) is 0.0599. The molecular formula is C46H59N3O5. The van der Waals surface area contributed by atoms with Crippen LogP contribution in [0.1, 0.15) is 131 Å². The molecule has 288 valence electrons. The van der Waals surface area contributed by atoms with Gasteiger partial charge in [0.15, 0.2) is 23.2 Å². The van der Waals surface area contributed by atoms with Crippen LogP contribution < -0.4 is 16.2 Å². The van der Waals surface area contributed by atoms with Gasteiger partial charge in [-0.25, -0.2) is 4.99 Å². The van der Waals surface area contributed by atoms with Crippen LogP contribution >= 0.6 is 0 Å². The fraction of sp³-hybridized carbons (Fsp3) is 0.565. The first-order valence-electron chi connectivity index (χ1n) is 20.5. The highest BCUT2D eigenvalue weighted by atomic mass is 16.5. The molecule has 0 saturated heterocycles. The van der Waals surface area contributed by atoms with Gasteiger partial charge >= 0.3 is 0 Å². The summed E-state index contributed by atoms with van der Waals surface area (Å²) in [6.45, 7) is 4.46. The van der Waals surface area contributed by atoms with E-state index in [1.807, 2.05) is 31.4 Å². The van der Waals surface area contributed by atoms with E-state index in [9.17, 15) is 15.0 Å². The van der Waals surface area contributed by atoms with Crippen LogP contribution in [0.5, 0.6) is 17.2 Å². The number of methoxy groups -OCH3 is 1. The molecule has 8 heteroatoms. The molecular weight excluding hydrogens is 675 g/mol. The molecule has 5 aliphatic rings. The van der Waals surface area contributed by atoms with Gasteiger partial charge in [0.1, 0.15) is 5.75 Å². The van der Waals surface area contributed by atoms with Crippen molar-refractivity contribution < 1.29 is 24.5 Å². The number of ketones is 1. The first-order valence-corrected chi connectivity index (χ1v) is 20.5. The van der Waals surface area contributed by atoms with E-state index < -0.39 is 0 Å². The third-order valence-electron chi connectivity index (χ3n) is 13.2. The van der Waals surface area contributed by atoms with Crippen molar-refractivity contribution in [1.82, 2.24) is 0 Å². The highest BCUT2D eigenvalue weighted by Crippen LogP contribution is 2.70. The van der Waals surface area contributed by atoms with Crippen LogP contribution in [0.25, 0.3) is 0 Å². The number of aryl methyl sites for hydroxylation is 1. The molecule has 4 bridgehead atoms. The Morgan fingerprint density at radius 3 is 2.69 bits per heavy atom. The van der Waals surface area contributed by atoms with Crippen molar-refractivity contribution in [2.24, 2.45) is 39.6 Å². The van der Waals surface area contributed by atoms with Crippen LogP contribution in [-0.2, 0) is 16.0 Å². The van der Waals surface area contributed by atoms with Gasteiger partial charge in [-0.15, -0.1) is 0 Å². The molecule has 3 saturated carbocycles. The van der Waals surface area contributed by atoms with E-state index in [-0.39, 0.29) is 70.6 Å². The number of carbonyl (C=O) groups is 1. The Bertz CT molecular complexity index is 1860. The minimum atomic E-state index is -0.301. The van der Waals surface area contributed by atoms with Crippen LogP contribution in [0.4, 0.5) is 0 Å². The van der Waals surface area contributed by atoms with Gasteiger partial charge in [-0.1, -0.05) is 62.0 Å². The van der Waals surface area contributed by atoms with Crippen molar-refractivity contribution >= 4 is 11.7 Å². The standard InChI is InChI=1S/C46H59N3O5/c1-4-5-6-13-33(50)19-18-30-26-40(54-35-15-7-8-16-35)44(52)42-36(30)17-10-12-32(49-45(47)48)23-31-25-38-37(29-11-9-14-34(51)24-29)22-28(2)27-46(38)21-20-39(53-3)41(31)43(42)46/h6,9,11,13-14,24-26,28,31-32,35,37,39,41,43,51-52H,4-5,7-8,12,15-16,18-23,27H2,1-3H3,(H4,47,48,49)/b13-6+/t28-,31+,32-,37-,39-,41-,43+,46+/m1/s1. The van der Waals surface area contributed by atoms with Crippen molar-refractivity contribution in [3.63, 3.8) is 0 Å². The first-order chi connectivity index (χ1) is 26.1. The number of carbonyl (C=O) groups excluding carboxylic acids is 1. The molecule has 8 nitrogen and oxygen atoms in total. The zero-order valence-electron chi connectivity index (χ0n) is 32.4. The van der Waals surface area contributed by atoms with E-state index in [4.69, 9.17) is 25.9 Å². The number of guanidine groups is 1. The number of hydrogen-bond donors (Lipinski definition) is 4. The largest absolute Gasteiger partial charge is 0.508 e. The van der Waals surface area contributed by atoms with E-state index in [1.165, 1.54) is 5.57 Å². The second kappa shape index (κ2) is 16.3. The van der Waals surface area contributed by atoms with Crippen LogP contribution in [0.3, 0.4) is 0 Å². The van der Waals surface area contributed by atoms with E-state index in [0.717, 1.165) is 86.5 Å². The third-order valence-corrected chi connectivity index (χ3v) is 13.2. The Morgan fingerprint density at radius 1 is 1.13 bits per heavy atom. The van der Waals surface area contributed by atoms with Gasteiger partial charge in [0.2, 0.25) is 0 Å². The summed E-state index contributed by atoms with van der Waals surface area (Å²) in [5, 5.41) is 23.5. The summed E-state index contributed by atoms with van der Waals surface area (Å²) < 4.78 is 13.2. The number of nitrogens with two attached hydrogens (primary N) is 2. The van der Waals surface area contributed by atoms with Gasteiger partial charge in [0, 0.05) is 42.9 Å². The lowest BCUT2D eigenvalue weighted by Crippen LogP contribution is -2.54. The molecule has 0 heterocycles. The second-order valence-corrected chi connectivity index (χ2v) is 16.8. The molecule has 3 fully saturated rings. The molecule has 0 aromatic heterocycles. The molecule has 8 atom stereocenters. The molecule has 5 aliphatic carbocycles. The predicted molar refractivity (Wildman–Crippen MR) is 214 cm³/mol. The average Bonchev–Trinajstić information content (AvgIpc) is 3.65. The molecule has 6 N–H and O–H groups in total. The molecule has 0 radical (unpaired) electrons. The number of unbranched alkanes of at least 4 members (excludes halogenated alkanes) is 1. The number of phenolic OH excluding ortho intramolecular Hbond substituents is 2. The maximum Gasteiger partial charge on any atom is 0.186 e. The minimum Gasteiger partial charge on any atom is -0.508 e. The normalized spacial score (nSPS) is 30.4. The topological polar surface area (TPSA) is 140 Å². The number of hydrogen-bond acceptors (Lipinski definition) is 6. The summed E-state index contributed by atoms with van der Waals surface area (Å²) in [7, 11) is 1.82. The summed E-state index contributed by atoms with van der Waals surface area (Å²) in [5.74, 6) is 8.51. The summed E-state index contributed by atoms with van der Waals surface area (Å²) in [6.07, 6.45) is 17.8. The Balaban J connectivity index is 1.49. The molecule has 0 amide bonds. The number of aromatic hydroxyl groups is 2. The molecule has 54 heavy (non-hydrogen) atoms. The lowest BCUT2D eigenvalue weighted by molar-refractivity contribution is -0.114. The summed E-state index contributed by atoms with van der Waals surface area (Å²) in [6, 6.07) is 9.50. The van der Waals surface area contributed by atoms with Gasteiger partial charge in [-0.3, -0.25) is 4.79 Å². The smallest absolute Gasteiger partial charge is 0.186 e. The summed E-state index contributed by atoms with van der Waals surface area (Å²) >= 11 is 0. The van der Waals surface area contributed by atoms with Gasteiger partial charge in [-0.05, 0) is 129 Å². The van der Waals surface area contributed by atoms with Crippen LogP contribution in [0.2, 0.25) is 0 Å². The first kappa shape index (κ1) is 38.1. The Kier molecular flexibility index (Phi) is 11.5. The summed E-state index contributed by atoms with van der Waals surface area (Å²) in [4.78, 5) is 17.9. The molecule has 2 aromatic carbocycles. The van der Waals surface area contributed by atoms with Crippen molar-refractivity contribution in [2.45, 2.75) is 134 Å². The summed E-state index contributed by atoms with van der Waals surface area (Å²) in [5.41, 5.74) is 16.9. The SMILES string of the molecule is CCC/C=C/C(=O)CCc1cc(OC2CCCC2)c(O)c2c1C#CC[C@@H](N=C(N)N)C[C@H]1C=C3[C@@H](c4cccc(O)c4)C[C@@H](C)C[C@@]34CC[C@@H](OC)[C@@H]1[C@@H]24. The Labute approximate surface area is 321 Å². The highest BCUT2D eigenvalue weighted by molar-refractivity contribution is 5.89. The van der Waals surface area contributed by atoms with Crippen LogP contribution in [0.15, 0.2) is 59.1 Å².